The standard InChI is InChI=1S/C30H42ClN8O6P/c1-21(2)45-30(40)42-19-44-46(41,20-43-22(3)16-39-18-37-27-28(32)35-17-36-29(27)39)38-13-8-6-4-5-7-12-33-25-11-14-34-26-15-23(31)9-10-24(25)26/h9-11,14-15,17-18,21-22H,4-8,12-13,16,19-20H2,1-3H3,(H,33,34)(H,38,41)(H2,32,35,36)/t22-,46?/m1/s1. The number of nitrogens with one attached hydrogen (secondary N) is 2. The number of benzene rings is 1. The van der Waals surface area contributed by atoms with Crippen LogP contribution < -0.4 is 16.1 Å². The number of rotatable bonds is 19. The van der Waals surface area contributed by atoms with Crippen LogP contribution in [0, 0.1) is 0 Å². The van der Waals surface area contributed by atoms with Gasteiger partial charge in [-0.2, -0.15) is 0 Å². The Morgan fingerprint density at radius 2 is 1.83 bits per heavy atom. The Labute approximate surface area is 273 Å². The van der Waals surface area contributed by atoms with E-state index in [0.717, 1.165) is 55.2 Å². The van der Waals surface area contributed by atoms with Crippen LogP contribution in [0.25, 0.3) is 22.1 Å². The number of nitrogens with zero attached hydrogens (tertiary/aromatic N) is 5. The lowest BCUT2D eigenvalue weighted by Gasteiger charge is -2.22. The van der Waals surface area contributed by atoms with E-state index in [4.69, 9.17) is 36.1 Å². The van der Waals surface area contributed by atoms with Gasteiger partial charge < -0.3 is 29.8 Å². The maximum Gasteiger partial charge on any atom is 0.510 e. The molecule has 1 unspecified atom stereocenters. The van der Waals surface area contributed by atoms with E-state index in [0.29, 0.717) is 29.3 Å². The molecule has 4 rings (SSSR count). The van der Waals surface area contributed by atoms with E-state index in [1.807, 2.05) is 31.2 Å². The van der Waals surface area contributed by atoms with E-state index in [2.05, 4.69) is 30.3 Å². The second-order valence-electron chi connectivity index (χ2n) is 11.0. The lowest BCUT2D eigenvalue weighted by molar-refractivity contribution is -0.0110. The van der Waals surface area contributed by atoms with E-state index < -0.39 is 20.5 Å². The number of halogens is 1. The molecule has 1 aromatic carbocycles. The molecule has 3 aromatic heterocycles. The van der Waals surface area contributed by atoms with Crippen LogP contribution in [0.2, 0.25) is 5.02 Å². The van der Waals surface area contributed by atoms with Crippen molar-refractivity contribution in [1.29, 1.82) is 0 Å². The molecule has 46 heavy (non-hydrogen) atoms. The van der Waals surface area contributed by atoms with Gasteiger partial charge in [0.25, 0.3) is 7.52 Å². The van der Waals surface area contributed by atoms with E-state index in [1.165, 1.54) is 6.33 Å². The average Bonchev–Trinajstić information content (AvgIpc) is 3.42. The molecular formula is C30H42ClN8O6P. The summed E-state index contributed by atoms with van der Waals surface area (Å²) in [6, 6.07) is 7.67. The Hall–Kier alpha value is -3.55. The predicted octanol–water partition coefficient (Wildman–Crippen LogP) is 6.35. The molecule has 0 spiro atoms. The Bertz CT molecular complexity index is 1620. The Morgan fingerprint density at radius 1 is 1.04 bits per heavy atom. The minimum atomic E-state index is -3.53. The van der Waals surface area contributed by atoms with Crippen molar-refractivity contribution in [3.63, 3.8) is 0 Å². The molecule has 14 nitrogen and oxygen atoms in total. The van der Waals surface area contributed by atoms with Crippen molar-refractivity contribution >= 4 is 58.8 Å². The summed E-state index contributed by atoms with van der Waals surface area (Å²) in [5, 5.41) is 8.20. The van der Waals surface area contributed by atoms with Gasteiger partial charge in [-0.15, -0.1) is 0 Å². The second-order valence-corrected chi connectivity index (χ2v) is 13.7. The minimum absolute atomic E-state index is 0.234. The molecule has 4 N–H and O–H groups in total. The largest absolute Gasteiger partial charge is 0.510 e. The van der Waals surface area contributed by atoms with Crippen LogP contribution in [0.4, 0.5) is 16.3 Å². The van der Waals surface area contributed by atoms with Crippen LogP contribution >= 0.6 is 19.1 Å². The van der Waals surface area contributed by atoms with E-state index in [9.17, 15) is 9.36 Å². The monoisotopic (exact) mass is 676 g/mol. The first-order valence-electron chi connectivity index (χ1n) is 15.3. The number of aromatic nitrogens is 5. The highest BCUT2D eigenvalue weighted by Gasteiger charge is 2.26. The topological polar surface area (TPSA) is 178 Å². The fraction of sp³-hybridized carbons (Fsp3) is 0.500. The first-order chi connectivity index (χ1) is 22.1. The van der Waals surface area contributed by atoms with Crippen LogP contribution in [0.3, 0.4) is 0 Å². The van der Waals surface area contributed by atoms with Gasteiger partial charge in [0.2, 0.25) is 6.79 Å². The summed E-state index contributed by atoms with van der Waals surface area (Å²) in [4.78, 5) is 28.6. The second kappa shape index (κ2) is 17.4. The molecular weight excluding hydrogens is 635 g/mol. The molecule has 4 aromatic rings. The molecule has 0 aliphatic carbocycles. The van der Waals surface area contributed by atoms with Crippen LogP contribution in [0.1, 0.15) is 52.9 Å². The molecule has 0 aliphatic rings. The summed E-state index contributed by atoms with van der Waals surface area (Å²) in [7, 11) is -3.53. The number of unbranched alkanes of at least 4 members (excludes halogenated alkanes) is 4. The van der Waals surface area contributed by atoms with Gasteiger partial charge in [-0.05, 0) is 57.9 Å². The summed E-state index contributed by atoms with van der Waals surface area (Å²) in [6.07, 6.45) is 7.67. The molecule has 0 radical (unpaired) electrons. The molecule has 2 atom stereocenters. The smallest absolute Gasteiger partial charge is 0.432 e. The number of pyridine rings is 1. The molecule has 0 amide bonds. The number of hydrogen-bond acceptors (Lipinski definition) is 12. The van der Waals surface area contributed by atoms with Gasteiger partial charge in [-0.3, -0.25) is 14.1 Å². The molecule has 16 heteroatoms. The number of nitrogen functional groups attached to an aromatic ring is 1. The number of ether oxygens (including phenoxy) is 3. The number of carbonyl (C=O) groups excluding carboxylic acids is 1. The number of fused-ring (bicyclic) bond motifs is 2. The molecule has 0 aliphatic heterocycles. The maximum absolute atomic E-state index is 13.6. The molecule has 250 valence electrons. The van der Waals surface area contributed by atoms with Crippen molar-refractivity contribution in [3.8, 4) is 0 Å². The van der Waals surface area contributed by atoms with Gasteiger partial charge in [-0.1, -0.05) is 30.9 Å². The average molecular weight is 677 g/mol. The highest BCUT2D eigenvalue weighted by molar-refractivity contribution is 7.56. The van der Waals surface area contributed by atoms with Gasteiger partial charge in [-0.25, -0.2) is 24.8 Å². The normalized spacial score (nSPS) is 13.6. The fourth-order valence-electron chi connectivity index (χ4n) is 4.63. The minimum Gasteiger partial charge on any atom is -0.432 e. The first kappa shape index (κ1) is 35.3. The Morgan fingerprint density at radius 3 is 2.63 bits per heavy atom. The van der Waals surface area contributed by atoms with Gasteiger partial charge in [0.1, 0.15) is 18.2 Å². The zero-order valence-corrected chi connectivity index (χ0v) is 28.0. The van der Waals surface area contributed by atoms with Crippen molar-refractivity contribution in [3.05, 3.63) is 48.1 Å². The first-order valence-corrected chi connectivity index (χ1v) is 17.5. The van der Waals surface area contributed by atoms with Crippen LogP contribution in [0.5, 0.6) is 0 Å². The number of nitrogens with two attached hydrogens (primary N) is 1. The third-order valence-corrected chi connectivity index (χ3v) is 8.86. The fourth-order valence-corrected chi connectivity index (χ4v) is 6.23. The molecule has 0 saturated heterocycles. The Kier molecular flexibility index (Phi) is 13.3. The van der Waals surface area contributed by atoms with Crippen molar-refractivity contribution in [2.24, 2.45) is 0 Å². The summed E-state index contributed by atoms with van der Waals surface area (Å²) >= 11 is 6.09. The van der Waals surface area contributed by atoms with Gasteiger partial charge in [0.05, 0.1) is 30.6 Å². The number of anilines is 2. The lowest BCUT2D eigenvalue weighted by atomic mass is 10.1. The summed E-state index contributed by atoms with van der Waals surface area (Å²) < 4.78 is 36.7. The zero-order valence-electron chi connectivity index (χ0n) is 26.4. The third-order valence-electron chi connectivity index (χ3n) is 6.91. The third kappa shape index (κ3) is 10.8. The quantitative estimate of drug-likeness (QED) is 0.0433. The lowest BCUT2D eigenvalue weighted by Crippen LogP contribution is -2.23. The molecule has 0 bridgehead atoms. The predicted molar refractivity (Wildman–Crippen MR) is 178 cm³/mol. The van der Waals surface area contributed by atoms with Crippen molar-refractivity contribution in [1.82, 2.24) is 29.6 Å². The molecule has 0 saturated carbocycles. The van der Waals surface area contributed by atoms with E-state index >= 15 is 0 Å². The van der Waals surface area contributed by atoms with Crippen LogP contribution in [0.15, 0.2) is 43.1 Å². The Balaban J connectivity index is 1.19. The van der Waals surface area contributed by atoms with Crippen LogP contribution in [-0.2, 0) is 29.8 Å². The zero-order chi connectivity index (χ0) is 32.9. The maximum atomic E-state index is 13.6. The highest BCUT2D eigenvalue weighted by atomic mass is 35.5. The molecule has 0 fully saturated rings. The SMILES string of the molecule is CC(C)OC(=O)OCOP(=O)(CO[C@H](C)Cn1cnc2c(N)ncnc21)NCCCCCCCNc1ccnc2cc(Cl)ccc12. The number of hydrogen-bond donors (Lipinski definition) is 3. The highest BCUT2D eigenvalue weighted by Crippen LogP contribution is 2.42. The number of imidazole rings is 1. The van der Waals surface area contributed by atoms with E-state index in [-0.39, 0.29) is 24.4 Å². The van der Waals surface area contributed by atoms with Gasteiger partial charge in [0, 0.05) is 35.4 Å². The van der Waals surface area contributed by atoms with Gasteiger partial charge >= 0.3 is 6.16 Å². The van der Waals surface area contributed by atoms with Crippen molar-refractivity contribution in [2.75, 3.05) is 37.3 Å². The summed E-state index contributed by atoms with van der Waals surface area (Å²) in [5.74, 6) is 0.289. The summed E-state index contributed by atoms with van der Waals surface area (Å²) in [5.41, 5.74) is 8.85. The summed E-state index contributed by atoms with van der Waals surface area (Å²) in [6.45, 7) is 6.35. The van der Waals surface area contributed by atoms with Gasteiger partial charge in [0.15, 0.2) is 11.5 Å². The molecule has 3 heterocycles. The van der Waals surface area contributed by atoms with Crippen molar-refractivity contribution < 1.29 is 28.1 Å². The van der Waals surface area contributed by atoms with Crippen molar-refractivity contribution in [2.45, 2.75) is 71.6 Å². The van der Waals surface area contributed by atoms with E-state index in [1.54, 1.807) is 30.9 Å². The number of carbonyl (C=O) groups is 1. The van der Waals surface area contributed by atoms with Crippen LogP contribution in [-0.4, -0.2) is 69.1 Å².